The Morgan fingerprint density at radius 2 is 1.44 bits per heavy atom. The molecule has 0 aliphatic carbocycles. The first kappa shape index (κ1) is 16.7. The fourth-order valence-corrected chi connectivity index (χ4v) is 2.51. The fraction of sp³-hybridized carbons (Fsp3) is 0.0952. The van der Waals surface area contributed by atoms with Crippen LogP contribution in [0.4, 0.5) is 15.8 Å². The standard InChI is InChI=1S/C21H19FN2O/c1-15-7-11-18(12-8-15)23-20(16-5-3-2-4-6-16)21(25)24-19-13-9-17(22)10-14-19/h2-14,20,23H,1H3,(H,24,25)/t20-/m0/s1. The topological polar surface area (TPSA) is 41.1 Å². The second-order valence-corrected chi connectivity index (χ2v) is 5.85. The first-order valence-electron chi connectivity index (χ1n) is 8.06. The summed E-state index contributed by atoms with van der Waals surface area (Å²) >= 11 is 0. The van der Waals surface area contributed by atoms with Crippen molar-refractivity contribution >= 4 is 17.3 Å². The largest absolute Gasteiger partial charge is 0.370 e. The van der Waals surface area contributed by atoms with Crippen LogP contribution in [-0.4, -0.2) is 5.91 Å². The highest BCUT2D eigenvalue weighted by Gasteiger charge is 2.20. The van der Waals surface area contributed by atoms with Crippen LogP contribution in [-0.2, 0) is 4.79 Å². The smallest absolute Gasteiger partial charge is 0.251 e. The predicted octanol–water partition coefficient (Wildman–Crippen LogP) is 4.93. The highest BCUT2D eigenvalue weighted by atomic mass is 19.1. The maximum Gasteiger partial charge on any atom is 0.251 e. The van der Waals surface area contributed by atoms with Crippen LogP contribution in [0.1, 0.15) is 17.2 Å². The molecular formula is C21H19FN2O. The van der Waals surface area contributed by atoms with Crippen molar-refractivity contribution in [1.29, 1.82) is 0 Å². The normalized spacial score (nSPS) is 11.6. The molecular weight excluding hydrogens is 315 g/mol. The van der Waals surface area contributed by atoms with Crippen LogP contribution in [0.15, 0.2) is 78.9 Å². The molecule has 0 radical (unpaired) electrons. The SMILES string of the molecule is Cc1ccc(N[C@H](C(=O)Nc2ccc(F)cc2)c2ccccc2)cc1. The lowest BCUT2D eigenvalue weighted by atomic mass is 10.1. The van der Waals surface area contributed by atoms with Crippen LogP contribution < -0.4 is 10.6 Å². The van der Waals surface area contributed by atoms with E-state index in [-0.39, 0.29) is 11.7 Å². The third-order valence-electron chi connectivity index (χ3n) is 3.87. The molecule has 0 saturated carbocycles. The molecule has 126 valence electrons. The third-order valence-corrected chi connectivity index (χ3v) is 3.87. The number of benzene rings is 3. The number of hydrogen-bond acceptors (Lipinski definition) is 2. The fourth-order valence-electron chi connectivity index (χ4n) is 2.51. The molecule has 0 aliphatic rings. The van der Waals surface area contributed by atoms with E-state index in [0.717, 1.165) is 16.8 Å². The maximum absolute atomic E-state index is 13.0. The van der Waals surface area contributed by atoms with Crippen molar-refractivity contribution in [2.24, 2.45) is 0 Å². The van der Waals surface area contributed by atoms with Gasteiger partial charge >= 0.3 is 0 Å². The van der Waals surface area contributed by atoms with Gasteiger partial charge in [0.2, 0.25) is 0 Å². The predicted molar refractivity (Wildman–Crippen MR) is 99.0 cm³/mol. The number of rotatable bonds is 5. The van der Waals surface area contributed by atoms with Gasteiger partial charge in [-0.3, -0.25) is 4.79 Å². The maximum atomic E-state index is 13.0. The molecule has 3 aromatic carbocycles. The Bertz CT molecular complexity index is 830. The number of hydrogen-bond donors (Lipinski definition) is 2. The molecule has 0 fully saturated rings. The van der Waals surface area contributed by atoms with E-state index in [1.165, 1.54) is 12.1 Å². The number of carbonyl (C=O) groups excluding carboxylic acids is 1. The Labute approximate surface area is 146 Å². The molecule has 0 heterocycles. The lowest BCUT2D eigenvalue weighted by Gasteiger charge is -2.20. The minimum atomic E-state index is -0.561. The Balaban J connectivity index is 1.83. The zero-order valence-corrected chi connectivity index (χ0v) is 13.9. The van der Waals surface area contributed by atoms with Crippen molar-refractivity contribution in [3.63, 3.8) is 0 Å². The van der Waals surface area contributed by atoms with Gasteiger partial charge in [0, 0.05) is 11.4 Å². The summed E-state index contributed by atoms with van der Waals surface area (Å²) in [4.78, 5) is 12.8. The zero-order valence-electron chi connectivity index (χ0n) is 13.9. The van der Waals surface area contributed by atoms with E-state index < -0.39 is 6.04 Å². The van der Waals surface area contributed by atoms with Crippen LogP contribution in [0, 0.1) is 12.7 Å². The molecule has 1 amide bonds. The highest BCUT2D eigenvalue weighted by Crippen LogP contribution is 2.22. The molecule has 4 heteroatoms. The number of amides is 1. The van der Waals surface area contributed by atoms with Crippen molar-refractivity contribution in [2.75, 3.05) is 10.6 Å². The lowest BCUT2D eigenvalue weighted by molar-refractivity contribution is -0.117. The van der Waals surface area contributed by atoms with Crippen molar-refractivity contribution < 1.29 is 9.18 Å². The Morgan fingerprint density at radius 1 is 0.840 bits per heavy atom. The van der Waals surface area contributed by atoms with Gasteiger partial charge in [-0.25, -0.2) is 4.39 Å². The van der Waals surface area contributed by atoms with Crippen molar-refractivity contribution in [3.8, 4) is 0 Å². The average molecular weight is 334 g/mol. The van der Waals surface area contributed by atoms with Crippen LogP contribution in [0.25, 0.3) is 0 Å². The minimum absolute atomic E-state index is 0.210. The van der Waals surface area contributed by atoms with Crippen LogP contribution >= 0.6 is 0 Å². The van der Waals surface area contributed by atoms with E-state index in [1.807, 2.05) is 61.5 Å². The molecule has 0 spiro atoms. The molecule has 3 rings (SSSR count). The summed E-state index contributed by atoms with van der Waals surface area (Å²) in [6.45, 7) is 2.01. The van der Waals surface area contributed by atoms with Gasteiger partial charge in [0.1, 0.15) is 11.9 Å². The molecule has 0 aromatic heterocycles. The van der Waals surface area contributed by atoms with Gasteiger partial charge in [-0.1, -0.05) is 48.0 Å². The van der Waals surface area contributed by atoms with E-state index in [2.05, 4.69) is 10.6 Å². The van der Waals surface area contributed by atoms with E-state index >= 15 is 0 Å². The van der Waals surface area contributed by atoms with Gasteiger partial charge in [-0.05, 0) is 48.9 Å². The quantitative estimate of drug-likeness (QED) is 0.695. The first-order chi connectivity index (χ1) is 12.1. The van der Waals surface area contributed by atoms with E-state index in [4.69, 9.17) is 0 Å². The zero-order chi connectivity index (χ0) is 17.6. The molecule has 1 atom stereocenters. The van der Waals surface area contributed by atoms with Gasteiger partial charge < -0.3 is 10.6 Å². The Kier molecular flexibility index (Phi) is 5.09. The highest BCUT2D eigenvalue weighted by molar-refractivity contribution is 5.97. The molecule has 0 bridgehead atoms. The van der Waals surface area contributed by atoms with Crippen LogP contribution in [0.3, 0.4) is 0 Å². The molecule has 2 N–H and O–H groups in total. The molecule has 3 aromatic rings. The summed E-state index contributed by atoms with van der Waals surface area (Å²) in [5.41, 5.74) is 3.41. The lowest BCUT2D eigenvalue weighted by Crippen LogP contribution is -2.27. The second-order valence-electron chi connectivity index (χ2n) is 5.85. The molecule has 25 heavy (non-hydrogen) atoms. The molecule has 0 aliphatic heterocycles. The van der Waals surface area contributed by atoms with E-state index in [9.17, 15) is 9.18 Å². The molecule has 3 nitrogen and oxygen atoms in total. The number of aryl methyl sites for hydroxylation is 1. The van der Waals surface area contributed by atoms with Gasteiger partial charge in [0.25, 0.3) is 5.91 Å². The summed E-state index contributed by atoms with van der Waals surface area (Å²) in [6, 6.07) is 22.5. The Morgan fingerprint density at radius 3 is 2.08 bits per heavy atom. The Hall–Kier alpha value is -3.14. The van der Waals surface area contributed by atoms with Crippen LogP contribution in [0.2, 0.25) is 0 Å². The van der Waals surface area contributed by atoms with Gasteiger partial charge in [0.15, 0.2) is 0 Å². The van der Waals surface area contributed by atoms with Crippen LogP contribution in [0.5, 0.6) is 0 Å². The summed E-state index contributed by atoms with van der Waals surface area (Å²) in [7, 11) is 0. The van der Waals surface area contributed by atoms with Gasteiger partial charge in [-0.2, -0.15) is 0 Å². The first-order valence-corrected chi connectivity index (χ1v) is 8.06. The van der Waals surface area contributed by atoms with Gasteiger partial charge in [-0.15, -0.1) is 0 Å². The van der Waals surface area contributed by atoms with Gasteiger partial charge in [0.05, 0.1) is 0 Å². The summed E-state index contributed by atoms with van der Waals surface area (Å²) in [5.74, 6) is -0.547. The van der Waals surface area contributed by atoms with Crippen molar-refractivity contribution in [2.45, 2.75) is 13.0 Å². The second kappa shape index (κ2) is 7.62. The third kappa shape index (κ3) is 4.44. The van der Waals surface area contributed by atoms with Crippen molar-refractivity contribution in [3.05, 3.63) is 95.8 Å². The number of halogens is 1. The summed E-state index contributed by atoms with van der Waals surface area (Å²) in [6.07, 6.45) is 0. The summed E-state index contributed by atoms with van der Waals surface area (Å²) in [5, 5.41) is 6.10. The number of anilines is 2. The summed E-state index contributed by atoms with van der Waals surface area (Å²) < 4.78 is 13.0. The molecule has 0 unspecified atom stereocenters. The van der Waals surface area contributed by atoms with E-state index in [0.29, 0.717) is 5.69 Å². The average Bonchev–Trinajstić information content (AvgIpc) is 2.64. The molecule has 0 saturated heterocycles. The number of nitrogens with one attached hydrogen (secondary N) is 2. The number of carbonyl (C=O) groups is 1. The van der Waals surface area contributed by atoms with Crippen molar-refractivity contribution in [1.82, 2.24) is 0 Å². The van der Waals surface area contributed by atoms with E-state index in [1.54, 1.807) is 12.1 Å². The minimum Gasteiger partial charge on any atom is -0.370 e. The monoisotopic (exact) mass is 334 g/mol.